The molecule has 0 aliphatic heterocycles. The SMILES string of the molecule is COc1ccc(C(C)=O)cc1CC(=O)O[C@@H](C)C(=O)Nc1ccccc1C#N. The first-order valence-electron chi connectivity index (χ1n) is 8.53. The van der Waals surface area contributed by atoms with Gasteiger partial charge in [-0.05, 0) is 44.2 Å². The number of Topliss-reactive ketones (excluding diaryl/α,β-unsaturated/α-hetero) is 1. The Hall–Kier alpha value is -3.66. The van der Waals surface area contributed by atoms with Crippen LogP contribution in [0.25, 0.3) is 0 Å². The van der Waals surface area contributed by atoms with E-state index in [-0.39, 0.29) is 12.2 Å². The Kier molecular flexibility index (Phi) is 6.88. The molecule has 28 heavy (non-hydrogen) atoms. The summed E-state index contributed by atoms with van der Waals surface area (Å²) >= 11 is 0. The summed E-state index contributed by atoms with van der Waals surface area (Å²) < 4.78 is 10.4. The minimum absolute atomic E-state index is 0.138. The summed E-state index contributed by atoms with van der Waals surface area (Å²) in [6, 6.07) is 13.3. The van der Waals surface area contributed by atoms with E-state index in [2.05, 4.69) is 5.32 Å². The summed E-state index contributed by atoms with van der Waals surface area (Å²) in [4.78, 5) is 36.1. The lowest BCUT2D eigenvalue weighted by molar-refractivity contribution is -0.152. The second kappa shape index (κ2) is 9.33. The number of carbonyl (C=O) groups is 3. The van der Waals surface area contributed by atoms with Crippen molar-refractivity contribution in [2.75, 3.05) is 12.4 Å². The third-order valence-corrected chi connectivity index (χ3v) is 4.00. The van der Waals surface area contributed by atoms with Crippen LogP contribution in [0.1, 0.15) is 35.3 Å². The predicted octanol–water partition coefficient (Wildman–Crippen LogP) is 2.88. The van der Waals surface area contributed by atoms with Crippen LogP contribution in [0.5, 0.6) is 5.75 Å². The van der Waals surface area contributed by atoms with Gasteiger partial charge < -0.3 is 14.8 Å². The first kappa shape index (κ1) is 20.6. The lowest BCUT2D eigenvalue weighted by atomic mass is 10.0. The molecule has 0 unspecified atom stereocenters. The Morgan fingerprint density at radius 1 is 1.18 bits per heavy atom. The Morgan fingerprint density at radius 2 is 1.89 bits per heavy atom. The number of rotatable bonds is 7. The molecule has 7 heteroatoms. The van der Waals surface area contributed by atoms with Crippen LogP contribution in [0.2, 0.25) is 0 Å². The van der Waals surface area contributed by atoms with Crippen LogP contribution in [-0.4, -0.2) is 30.9 Å². The summed E-state index contributed by atoms with van der Waals surface area (Å²) in [7, 11) is 1.46. The van der Waals surface area contributed by atoms with Crippen LogP contribution in [-0.2, 0) is 20.7 Å². The van der Waals surface area contributed by atoms with Crippen LogP contribution >= 0.6 is 0 Å². The molecule has 1 atom stereocenters. The van der Waals surface area contributed by atoms with Crippen LogP contribution in [0.15, 0.2) is 42.5 Å². The second-order valence-electron chi connectivity index (χ2n) is 6.04. The molecule has 0 aliphatic carbocycles. The van der Waals surface area contributed by atoms with Crippen LogP contribution in [0.3, 0.4) is 0 Å². The molecule has 2 rings (SSSR count). The number of amides is 1. The molecule has 0 saturated heterocycles. The molecular formula is C21H20N2O5. The van der Waals surface area contributed by atoms with Gasteiger partial charge in [-0.2, -0.15) is 5.26 Å². The van der Waals surface area contributed by atoms with E-state index in [1.165, 1.54) is 21.0 Å². The van der Waals surface area contributed by atoms with Gasteiger partial charge in [0.25, 0.3) is 5.91 Å². The van der Waals surface area contributed by atoms with Crippen molar-refractivity contribution in [1.29, 1.82) is 5.26 Å². The van der Waals surface area contributed by atoms with Crippen molar-refractivity contribution in [2.45, 2.75) is 26.4 Å². The number of para-hydroxylation sites is 1. The number of ether oxygens (including phenoxy) is 2. The molecule has 0 fully saturated rings. The van der Waals surface area contributed by atoms with Gasteiger partial charge in [0.15, 0.2) is 11.9 Å². The van der Waals surface area contributed by atoms with Gasteiger partial charge in [0.1, 0.15) is 11.8 Å². The number of hydrogen-bond acceptors (Lipinski definition) is 6. The predicted molar refractivity (Wildman–Crippen MR) is 102 cm³/mol. The van der Waals surface area contributed by atoms with Crippen molar-refractivity contribution in [3.8, 4) is 11.8 Å². The van der Waals surface area contributed by atoms with E-state index in [1.54, 1.807) is 42.5 Å². The number of ketones is 1. The third-order valence-electron chi connectivity index (χ3n) is 4.00. The number of esters is 1. The Labute approximate surface area is 162 Å². The van der Waals surface area contributed by atoms with Gasteiger partial charge in [-0.1, -0.05) is 12.1 Å². The van der Waals surface area contributed by atoms with Crippen molar-refractivity contribution in [1.82, 2.24) is 0 Å². The molecule has 1 amide bonds. The van der Waals surface area contributed by atoms with Gasteiger partial charge in [0, 0.05) is 11.1 Å². The highest BCUT2D eigenvalue weighted by molar-refractivity contribution is 5.96. The lowest BCUT2D eigenvalue weighted by Crippen LogP contribution is -2.30. The third kappa shape index (κ3) is 5.17. The number of carbonyl (C=O) groups excluding carboxylic acids is 3. The number of nitriles is 1. The largest absolute Gasteiger partial charge is 0.496 e. The van der Waals surface area contributed by atoms with Crippen molar-refractivity contribution in [2.24, 2.45) is 0 Å². The van der Waals surface area contributed by atoms with E-state index >= 15 is 0 Å². The molecule has 0 aliphatic rings. The maximum absolute atomic E-state index is 12.3. The smallest absolute Gasteiger partial charge is 0.311 e. The summed E-state index contributed by atoms with van der Waals surface area (Å²) in [5, 5.41) is 11.6. The fraction of sp³-hybridized carbons (Fsp3) is 0.238. The molecule has 0 bridgehead atoms. The van der Waals surface area contributed by atoms with E-state index in [1.807, 2.05) is 6.07 Å². The van der Waals surface area contributed by atoms with E-state index in [0.717, 1.165) is 0 Å². The molecule has 0 saturated carbocycles. The van der Waals surface area contributed by atoms with Crippen molar-refractivity contribution in [3.05, 3.63) is 59.2 Å². The van der Waals surface area contributed by atoms with Crippen molar-refractivity contribution in [3.63, 3.8) is 0 Å². The molecule has 0 aromatic heterocycles. The number of hydrogen-bond donors (Lipinski definition) is 1. The van der Waals surface area contributed by atoms with E-state index in [0.29, 0.717) is 28.1 Å². The number of methoxy groups -OCH3 is 1. The molecule has 1 N–H and O–H groups in total. The number of benzene rings is 2. The summed E-state index contributed by atoms with van der Waals surface area (Å²) in [6.45, 7) is 2.86. The van der Waals surface area contributed by atoms with Crippen molar-refractivity contribution < 1.29 is 23.9 Å². The zero-order valence-electron chi connectivity index (χ0n) is 15.8. The Morgan fingerprint density at radius 3 is 2.54 bits per heavy atom. The van der Waals surface area contributed by atoms with E-state index in [9.17, 15) is 14.4 Å². The quantitative estimate of drug-likeness (QED) is 0.585. The fourth-order valence-corrected chi connectivity index (χ4v) is 2.51. The zero-order chi connectivity index (χ0) is 20.7. The first-order chi connectivity index (χ1) is 13.3. The molecule has 0 radical (unpaired) electrons. The maximum Gasteiger partial charge on any atom is 0.311 e. The lowest BCUT2D eigenvalue weighted by Gasteiger charge is -2.15. The summed E-state index contributed by atoms with van der Waals surface area (Å²) in [5.41, 5.74) is 1.58. The zero-order valence-corrected chi connectivity index (χ0v) is 15.8. The summed E-state index contributed by atoms with van der Waals surface area (Å²) in [6.07, 6.45) is -1.22. The van der Waals surface area contributed by atoms with Crippen LogP contribution in [0.4, 0.5) is 5.69 Å². The maximum atomic E-state index is 12.3. The van der Waals surface area contributed by atoms with Gasteiger partial charge in [-0.15, -0.1) is 0 Å². The minimum Gasteiger partial charge on any atom is -0.496 e. The monoisotopic (exact) mass is 380 g/mol. The van der Waals surface area contributed by atoms with E-state index in [4.69, 9.17) is 14.7 Å². The topological polar surface area (TPSA) is 105 Å². The first-order valence-corrected chi connectivity index (χ1v) is 8.53. The van der Waals surface area contributed by atoms with Gasteiger partial charge >= 0.3 is 5.97 Å². The molecular weight excluding hydrogens is 360 g/mol. The average Bonchev–Trinajstić information content (AvgIpc) is 2.68. The molecule has 7 nitrogen and oxygen atoms in total. The van der Waals surface area contributed by atoms with E-state index < -0.39 is 18.0 Å². The number of anilines is 1. The molecule has 2 aromatic carbocycles. The fourth-order valence-electron chi connectivity index (χ4n) is 2.51. The van der Waals surface area contributed by atoms with Gasteiger partial charge in [0.2, 0.25) is 0 Å². The number of nitrogens with one attached hydrogen (secondary N) is 1. The van der Waals surface area contributed by atoms with Gasteiger partial charge in [-0.25, -0.2) is 0 Å². The molecule has 2 aromatic rings. The van der Waals surface area contributed by atoms with Crippen LogP contribution < -0.4 is 10.1 Å². The van der Waals surface area contributed by atoms with Gasteiger partial charge in [-0.3, -0.25) is 14.4 Å². The second-order valence-corrected chi connectivity index (χ2v) is 6.04. The van der Waals surface area contributed by atoms with Crippen LogP contribution in [0, 0.1) is 11.3 Å². The highest BCUT2D eigenvalue weighted by atomic mass is 16.5. The normalized spacial score (nSPS) is 11.1. The summed E-state index contributed by atoms with van der Waals surface area (Å²) in [5.74, 6) is -0.890. The molecule has 0 heterocycles. The Balaban J connectivity index is 2.04. The Bertz CT molecular complexity index is 946. The molecule has 0 spiro atoms. The minimum atomic E-state index is -1.07. The standard InChI is InChI=1S/C21H20N2O5/c1-13(24)15-8-9-19(27-3)17(10-15)11-20(25)28-14(2)21(26)23-18-7-5-4-6-16(18)12-22/h4-10,14H,11H2,1-3H3,(H,23,26)/t14-/m0/s1. The number of nitrogens with zero attached hydrogens (tertiary/aromatic N) is 1. The molecule has 144 valence electrons. The van der Waals surface area contributed by atoms with Crippen molar-refractivity contribution >= 4 is 23.3 Å². The highest BCUT2D eigenvalue weighted by Gasteiger charge is 2.20. The average molecular weight is 380 g/mol. The van der Waals surface area contributed by atoms with Gasteiger partial charge in [0.05, 0.1) is 24.8 Å². The highest BCUT2D eigenvalue weighted by Crippen LogP contribution is 2.21.